The number of benzene rings is 1. The zero-order valence-corrected chi connectivity index (χ0v) is 17.8. The first-order chi connectivity index (χ1) is 13.4. The van der Waals surface area contributed by atoms with Crippen LogP contribution >= 0.6 is 22.9 Å². The minimum Gasteiger partial charge on any atom is -0.352 e. The number of carbonyl (C=O) groups excluding carboxylic acids is 1. The Morgan fingerprint density at radius 2 is 1.79 bits per heavy atom. The molecule has 1 aliphatic rings. The van der Waals surface area contributed by atoms with Crippen molar-refractivity contribution in [3.8, 4) is 11.1 Å². The largest absolute Gasteiger partial charge is 0.352 e. The van der Waals surface area contributed by atoms with Gasteiger partial charge >= 0.3 is 0 Å². The van der Waals surface area contributed by atoms with Crippen LogP contribution in [0.4, 0.5) is 5.82 Å². The van der Waals surface area contributed by atoms with Crippen LogP contribution in [0.5, 0.6) is 0 Å². The summed E-state index contributed by atoms with van der Waals surface area (Å²) in [6, 6.07) is 8.71. The summed E-state index contributed by atoms with van der Waals surface area (Å²) in [4.78, 5) is 25.7. The number of thiophene rings is 1. The molecule has 0 bridgehead atoms. The third kappa shape index (κ3) is 3.59. The van der Waals surface area contributed by atoms with Crippen molar-refractivity contribution in [1.29, 1.82) is 0 Å². The van der Waals surface area contributed by atoms with Crippen LogP contribution in [0.1, 0.15) is 32.3 Å². The summed E-state index contributed by atoms with van der Waals surface area (Å²) in [5.74, 6) is 1.48. The Morgan fingerprint density at radius 3 is 2.39 bits per heavy atom. The molecule has 1 amide bonds. The Labute approximate surface area is 174 Å². The van der Waals surface area contributed by atoms with Crippen molar-refractivity contribution in [2.24, 2.45) is 0 Å². The Hall–Kier alpha value is -2.18. The molecule has 2 aromatic heterocycles. The average Bonchev–Trinajstić information content (AvgIpc) is 3.11. The fourth-order valence-electron chi connectivity index (χ4n) is 3.62. The predicted octanol–water partition coefficient (Wildman–Crippen LogP) is 4.80. The van der Waals surface area contributed by atoms with Gasteiger partial charge in [0.25, 0.3) is 0 Å². The normalized spacial score (nSPS) is 14.9. The highest BCUT2D eigenvalue weighted by Gasteiger charge is 2.24. The summed E-state index contributed by atoms with van der Waals surface area (Å²) >= 11 is 7.82. The molecule has 146 valence electrons. The average molecular weight is 415 g/mol. The highest BCUT2D eigenvalue weighted by Crippen LogP contribution is 2.39. The van der Waals surface area contributed by atoms with Gasteiger partial charge in [0, 0.05) is 44.0 Å². The maximum Gasteiger partial charge on any atom is 0.225 e. The predicted molar refractivity (Wildman–Crippen MR) is 116 cm³/mol. The van der Waals surface area contributed by atoms with Gasteiger partial charge in [-0.3, -0.25) is 4.79 Å². The molecule has 0 atom stereocenters. The molecule has 1 saturated heterocycles. The number of aromatic nitrogens is 2. The van der Waals surface area contributed by atoms with Crippen molar-refractivity contribution in [2.75, 3.05) is 31.1 Å². The van der Waals surface area contributed by atoms with Crippen molar-refractivity contribution in [3.63, 3.8) is 0 Å². The van der Waals surface area contributed by atoms with Crippen molar-refractivity contribution < 1.29 is 4.79 Å². The van der Waals surface area contributed by atoms with Gasteiger partial charge in [-0.05, 0) is 28.6 Å². The second-order valence-corrected chi connectivity index (χ2v) is 8.61. The SMILES string of the molecule is CC(=O)N1CCN(c2nc(Cl)nc3scc(-c4ccc(C(C)C)cc4)c23)CC1. The molecule has 1 fully saturated rings. The molecular weight excluding hydrogens is 392 g/mol. The number of fused-ring (bicyclic) bond motifs is 1. The topological polar surface area (TPSA) is 49.3 Å². The molecule has 5 nitrogen and oxygen atoms in total. The van der Waals surface area contributed by atoms with Gasteiger partial charge in [-0.1, -0.05) is 38.1 Å². The lowest BCUT2D eigenvalue weighted by molar-refractivity contribution is -0.129. The van der Waals surface area contributed by atoms with Gasteiger partial charge in [-0.15, -0.1) is 11.3 Å². The van der Waals surface area contributed by atoms with Gasteiger partial charge in [0.15, 0.2) is 0 Å². The fraction of sp³-hybridized carbons (Fsp3) is 0.381. The van der Waals surface area contributed by atoms with Crippen molar-refractivity contribution in [1.82, 2.24) is 14.9 Å². The molecule has 0 spiro atoms. The van der Waals surface area contributed by atoms with E-state index < -0.39 is 0 Å². The highest BCUT2D eigenvalue weighted by molar-refractivity contribution is 7.17. The molecule has 3 heterocycles. The van der Waals surface area contributed by atoms with E-state index in [9.17, 15) is 4.79 Å². The van der Waals surface area contributed by atoms with Gasteiger partial charge in [0.1, 0.15) is 10.6 Å². The maximum absolute atomic E-state index is 11.6. The lowest BCUT2D eigenvalue weighted by Crippen LogP contribution is -2.48. The molecule has 7 heteroatoms. The second kappa shape index (κ2) is 7.68. The number of halogens is 1. The maximum atomic E-state index is 11.6. The van der Waals surface area contributed by atoms with Crippen molar-refractivity contribution >= 4 is 44.9 Å². The van der Waals surface area contributed by atoms with Gasteiger partial charge in [0.2, 0.25) is 11.2 Å². The van der Waals surface area contributed by atoms with Crippen LogP contribution in [-0.2, 0) is 4.79 Å². The Morgan fingerprint density at radius 1 is 1.11 bits per heavy atom. The number of piperazine rings is 1. The first kappa shape index (κ1) is 19.2. The highest BCUT2D eigenvalue weighted by atomic mass is 35.5. The number of hydrogen-bond donors (Lipinski definition) is 0. The summed E-state index contributed by atoms with van der Waals surface area (Å²) in [5.41, 5.74) is 3.62. The molecule has 1 aromatic carbocycles. The van der Waals surface area contributed by atoms with Crippen LogP contribution in [0.3, 0.4) is 0 Å². The van der Waals surface area contributed by atoms with Crippen LogP contribution in [0, 0.1) is 0 Å². The van der Waals surface area contributed by atoms with E-state index in [1.165, 1.54) is 5.56 Å². The lowest BCUT2D eigenvalue weighted by atomic mass is 9.99. The van der Waals surface area contributed by atoms with E-state index in [-0.39, 0.29) is 11.2 Å². The smallest absolute Gasteiger partial charge is 0.225 e. The van der Waals surface area contributed by atoms with E-state index in [0.717, 1.165) is 40.3 Å². The molecule has 1 aliphatic heterocycles. The first-order valence-electron chi connectivity index (χ1n) is 9.49. The van der Waals surface area contributed by atoms with E-state index >= 15 is 0 Å². The molecule has 0 saturated carbocycles. The number of nitrogens with zero attached hydrogens (tertiary/aromatic N) is 4. The second-order valence-electron chi connectivity index (χ2n) is 7.42. The minimum absolute atomic E-state index is 0.118. The Bertz CT molecular complexity index is 1010. The monoisotopic (exact) mass is 414 g/mol. The van der Waals surface area contributed by atoms with Crippen LogP contribution < -0.4 is 4.90 Å². The Kier molecular flexibility index (Phi) is 5.25. The molecule has 0 aliphatic carbocycles. The number of hydrogen-bond acceptors (Lipinski definition) is 5. The van der Waals surface area contributed by atoms with Gasteiger partial charge in [-0.25, -0.2) is 4.98 Å². The quantitative estimate of drug-likeness (QED) is 0.577. The zero-order chi connectivity index (χ0) is 19.8. The van der Waals surface area contributed by atoms with Crippen LogP contribution in [0.25, 0.3) is 21.3 Å². The fourth-order valence-corrected chi connectivity index (χ4v) is 4.78. The van der Waals surface area contributed by atoms with E-state index in [1.54, 1.807) is 18.3 Å². The Balaban J connectivity index is 1.75. The van der Waals surface area contributed by atoms with Crippen LogP contribution in [0.2, 0.25) is 5.28 Å². The van der Waals surface area contributed by atoms with Crippen LogP contribution in [0.15, 0.2) is 29.6 Å². The molecule has 0 N–H and O–H groups in total. The molecule has 4 rings (SSSR count). The number of carbonyl (C=O) groups is 1. The summed E-state index contributed by atoms with van der Waals surface area (Å²) in [7, 11) is 0. The molecule has 0 unspecified atom stereocenters. The summed E-state index contributed by atoms with van der Waals surface area (Å²) in [5, 5.41) is 3.44. The molecular formula is C21H23ClN4OS. The van der Waals surface area contributed by atoms with Gasteiger partial charge < -0.3 is 9.80 Å². The summed E-state index contributed by atoms with van der Waals surface area (Å²) in [6.45, 7) is 8.88. The van der Waals surface area contributed by atoms with E-state index in [4.69, 9.17) is 11.6 Å². The number of amides is 1. The van der Waals surface area contributed by atoms with Crippen molar-refractivity contribution in [2.45, 2.75) is 26.7 Å². The zero-order valence-electron chi connectivity index (χ0n) is 16.3. The van der Waals surface area contributed by atoms with E-state index in [0.29, 0.717) is 19.0 Å². The molecule has 3 aromatic rings. The lowest BCUT2D eigenvalue weighted by Gasteiger charge is -2.35. The molecule has 28 heavy (non-hydrogen) atoms. The summed E-state index contributed by atoms with van der Waals surface area (Å²) < 4.78 is 0. The van der Waals surface area contributed by atoms with Gasteiger partial charge in [0.05, 0.1) is 5.39 Å². The third-order valence-corrected chi connectivity index (χ3v) is 6.34. The number of anilines is 1. The first-order valence-corrected chi connectivity index (χ1v) is 10.8. The van der Waals surface area contributed by atoms with Gasteiger partial charge in [-0.2, -0.15) is 4.98 Å². The van der Waals surface area contributed by atoms with E-state index in [1.807, 2.05) is 4.90 Å². The minimum atomic E-state index is 0.118. The standard InChI is InChI=1S/C21H23ClN4OS/c1-13(2)15-4-6-16(7-5-15)17-12-28-20-18(17)19(23-21(22)24-20)26-10-8-25(9-11-26)14(3)27/h4-7,12-13H,8-11H2,1-3H3. The summed E-state index contributed by atoms with van der Waals surface area (Å²) in [6.07, 6.45) is 0. The third-order valence-electron chi connectivity index (χ3n) is 5.30. The van der Waals surface area contributed by atoms with E-state index in [2.05, 4.69) is 58.4 Å². The number of rotatable bonds is 3. The van der Waals surface area contributed by atoms with Crippen LogP contribution in [-0.4, -0.2) is 47.0 Å². The van der Waals surface area contributed by atoms with Crippen molar-refractivity contribution in [3.05, 3.63) is 40.5 Å². The molecule has 0 radical (unpaired) electrons.